The van der Waals surface area contributed by atoms with E-state index >= 15 is 0 Å². The number of aliphatic carboxylic acids is 1. The van der Waals surface area contributed by atoms with Gasteiger partial charge in [0, 0.05) is 13.1 Å². The lowest BCUT2D eigenvalue weighted by Gasteiger charge is -2.29. The molecule has 1 aliphatic heterocycles. The molecule has 1 aromatic carbocycles. The van der Waals surface area contributed by atoms with Crippen molar-refractivity contribution in [2.45, 2.75) is 32.1 Å². The van der Waals surface area contributed by atoms with E-state index in [1.807, 2.05) is 4.90 Å². The fraction of sp³-hybridized carbons (Fsp3) is 0.500. The van der Waals surface area contributed by atoms with Crippen LogP contribution in [0.4, 0.5) is 10.1 Å². The smallest absolute Gasteiger partial charge is 0.310 e. The summed E-state index contributed by atoms with van der Waals surface area (Å²) < 4.78 is 14.0. The molecule has 1 unspecified atom stereocenters. The van der Waals surface area contributed by atoms with Gasteiger partial charge >= 0.3 is 5.97 Å². The minimum atomic E-state index is -0.930. The van der Waals surface area contributed by atoms with Gasteiger partial charge in [-0.15, -0.1) is 0 Å². The molecule has 1 heterocycles. The van der Waals surface area contributed by atoms with Crippen molar-refractivity contribution in [2.24, 2.45) is 0 Å². The van der Waals surface area contributed by atoms with Crippen molar-refractivity contribution >= 4 is 11.7 Å². The minimum Gasteiger partial charge on any atom is -0.481 e. The Balaban J connectivity index is 2.21. The molecule has 1 saturated heterocycles. The average molecular weight is 251 g/mol. The van der Waals surface area contributed by atoms with Crippen LogP contribution in [-0.4, -0.2) is 24.2 Å². The maximum Gasteiger partial charge on any atom is 0.310 e. The second kappa shape index (κ2) is 5.38. The molecule has 18 heavy (non-hydrogen) atoms. The summed E-state index contributed by atoms with van der Waals surface area (Å²) in [6.45, 7) is 3.33. The maximum atomic E-state index is 14.0. The normalized spacial score (nSPS) is 17.6. The van der Waals surface area contributed by atoms with E-state index in [-0.39, 0.29) is 5.82 Å². The Morgan fingerprint density at radius 3 is 2.56 bits per heavy atom. The summed E-state index contributed by atoms with van der Waals surface area (Å²) in [4.78, 5) is 12.9. The molecule has 0 spiro atoms. The fourth-order valence-corrected chi connectivity index (χ4v) is 2.33. The third-order valence-corrected chi connectivity index (χ3v) is 3.54. The molecule has 3 nitrogen and oxygen atoms in total. The minimum absolute atomic E-state index is 0.317. The van der Waals surface area contributed by atoms with E-state index < -0.39 is 11.9 Å². The SMILES string of the molecule is CC(C(=O)O)c1ccc(N2CCCCC2)c(F)c1. The summed E-state index contributed by atoms with van der Waals surface area (Å²) >= 11 is 0. The highest BCUT2D eigenvalue weighted by Crippen LogP contribution is 2.26. The van der Waals surface area contributed by atoms with E-state index in [4.69, 9.17) is 5.11 Å². The zero-order valence-corrected chi connectivity index (χ0v) is 10.5. The number of carbonyl (C=O) groups is 1. The number of anilines is 1. The molecule has 1 atom stereocenters. The van der Waals surface area contributed by atoms with Crippen LogP contribution >= 0.6 is 0 Å². The molecule has 98 valence electrons. The molecular weight excluding hydrogens is 233 g/mol. The van der Waals surface area contributed by atoms with E-state index in [2.05, 4.69) is 0 Å². The molecule has 1 aromatic rings. The Kier molecular flexibility index (Phi) is 3.84. The van der Waals surface area contributed by atoms with Gasteiger partial charge in [0.05, 0.1) is 11.6 Å². The third kappa shape index (κ3) is 2.63. The van der Waals surface area contributed by atoms with E-state index in [1.165, 1.54) is 12.5 Å². The van der Waals surface area contributed by atoms with Crippen molar-refractivity contribution in [2.75, 3.05) is 18.0 Å². The predicted molar refractivity (Wildman–Crippen MR) is 68.5 cm³/mol. The second-order valence-electron chi connectivity index (χ2n) is 4.82. The summed E-state index contributed by atoms with van der Waals surface area (Å²) in [5, 5.41) is 8.91. The van der Waals surface area contributed by atoms with Crippen LogP contribution in [0.1, 0.15) is 37.7 Å². The Hall–Kier alpha value is -1.58. The molecule has 0 aromatic heterocycles. The first-order valence-electron chi connectivity index (χ1n) is 6.37. The van der Waals surface area contributed by atoms with Crippen molar-refractivity contribution in [3.05, 3.63) is 29.6 Å². The molecule has 0 bridgehead atoms. The second-order valence-corrected chi connectivity index (χ2v) is 4.82. The molecule has 0 aliphatic carbocycles. The zero-order chi connectivity index (χ0) is 13.1. The molecule has 0 radical (unpaired) electrons. The van der Waals surface area contributed by atoms with Crippen molar-refractivity contribution in [1.29, 1.82) is 0 Å². The molecule has 4 heteroatoms. The highest BCUT2D eigenvalue weighted by Gasteiger charge is 2.18. The largest absolute Gasteiger partial charge is 0.481 e. The van der Waals surface area contributed by atoms with Crippen LogP contribution in [-0.2, 0) is 4.79 Å². The molecule has 0 saturated carbocycles. The van der Waals surface area contributed by atoms with Crippen LogP contribution in [0.25, 0.3) is 0 Å². The summed E-state index contributed by atoms with van der Waals surface area (Å²) in [5.74, 6) is -1.92. The van der Waals surface area contributed by atoms with Crippen molar-refractivity contribution in [1.82, 2.24) is 0 Å². The van der Waals surface area contributed by atoms with Gasteiger partial charge in [-0.1, -0.05) is 6.07 Å². The van der Waals surface area contributed by atoms with Gasteiger partial charge in [0.2, 0.25) is 0 Å². The van der Waals surface area contributed by atoms with Gasteiger partial charge in [-0.3, -0.25) is 4.79 Å². The Labute approximate surface area is 106 Å². The van der Waals surface area contributed by atoms with Crippen LogP contribution in [0.2, 0.25) is 0 Å². The number of rotatable bonds is 3. The topological polar surface area (TPSA) is 40.5 Å². The van der Waals surface area contributed by atoms with E-state index in [0.717, 1.165) is 25.9 Å². The molecule has 2 rings (SSSR count). The Morgan fingerprint density at radius 1 is 1.33 bits per heavy atom. The molecular formula is C14H18FNO2. The summed E-state index contributed by atoms with van der Waals surface area (Å²) in [6, 6.07) is 4.77. The highest BCUT2D eigenvalue weighted by molar-refractivity contribution is 5.75. The standard InChI is InChI=1S/C14H18FNO2/c1-10(14(17)18)11-5-6-13(12(15)9-11)16-7-3-2-4-8-16/h5-6,9-10H,2-4,7-8H2,1H3,(H,17,18). The van der Waals surface area contributed by atoms with Gasteiger partial charge in [-0.2, -0.15) is 0 Å². The molecule has 0 amide bonds. The fourth-order valence-electron chi connectivity index (χ4n) is 2.33. The van der Waals surface area contributed by atoms with Crippen molar-refractivity contribution in [3.63, 3.8) is 0 Å². The highest BCUT2D eigenvalue weighted by atomic mass is 19.1. The number of hydrogen-bond donors (Lipinski definition) is 1. The van der Waals surface area contributed by atoms with Crippen LogP contribution < -0.4 is 4.90 Å². The van der Waals surface area contributed by atoms with Crippen LogP contribution in [0.15, 0.2) is 18.2 Å². The number of halogens is 1. The van der Waals surface area contributed by atoms with Gasteiger partial charge in [-0.05, 0) is 43.9 Å². The van der Waals surface area contributed by atoms with Gasteiger partial charge in [0.25, 0.3) is 0 Å². The van der Waals surface area contributed by atoms with Crippen LogP contribution in [0.3, 0.4) is 0 Å². The molecule has 1 aliphatic rings. The number of carboxylic acids is 1. The predicted octanol–water partition coefficient (Wildman–Crippen LogP) is 3.00. The maximum absolute atomic E-state index is 14.0. The first-order valence-corrected chi connectivity index (χ1v) is 6.37. The van der Waals surface area contributed by atoms with Gasteiger partial charge in [0.15, 0.2) is 0 Å². The lowest BCUT2D eigenvalue weighted by atomic mass is 10.0. The molecule has 1 fully saturated rings. The summed E-state index contributed by atoms with van der Waals surface area (Å²) in [6.07, 6.45) is 3.38. The molecule has 1 N–H and O–H groups in total. The van der Waals surface area contributed by atoms with Crippen molar-refractivity contribution in [3.8, 4) is 0 Å². The lowest BCUT2D eigenvalue weighted by molar-refractivity contribution is -0.138. The van der Waals surface area contributed by atoms with Gasteiger partial charge in [-0.25, -0.2) is 4.39 Å². The Morgan fingerprint density at radius 2 is 2.00 bits per heavy atom. The van der Waals surface area contributed by atoms with Gasteiger partial charge < -0.3 is 10.0 Å². The van der Waals surface area contributed by atoms with E-state index in [0.29, 0.717) is 11.3 Å². The average Bonchev–Trinajstić information content (AvgIpc) is 2.38. The van der Waals surface area contributed by atoms with Crippen LogP contribution in [0, 0.1) is 5.82 Å². The monoisotopic (exact) mass is 251 g/mol. The number of piperidine rings is 1. The lowest BCUT2D eigenvalue weighted by Crippen LogP contribution is -2.30. The van der Waals surface area contributed by atoms with Crippen molar-refractivity contribution < 1.29 is 14.3 Å². The summed E-state index contributed by atoms with van der Waals surface area (Å²) in [7, 11) is 0. The van der Waals surface area contributed by atoms with Gasteiger partial charge in [0.1, 0.15) is 5.82 Å². The Bertz CT molecular complexity index is 441. The first kappa shape index (κ1) is 12.9. The third-order valence-electron chi connectivity index (χ3n) is 3.54. The number of nitrogens with zero attached hydrogens (tertiary/aromatic N) is 1. The zero-order valence-electron chi connectivity index (χ0n) is 10.5. The van der Waals surface area contributed by atoms with E-state index in [1.54, 1.807) is 19.1 Å². The quantitative estimate of drug-likeness (QED) is 0.897. The number of benzene rings is 1. The summed E-state index contributed by atoms with van der Waals surface area (Å²) in [5.41, 5.74) is 1.11. The van der Waals surface area contributed by atoms with Crippen LogP contribution in [0.5, 0.6) is 0 Å². The number of carboxylic acid groups (broad SMARTS) is 1. The first-order chi connectivity index (χ1) is 8.59. The number of hydrogen-bond acceptors (Lipinski definition) is 2. The van der Waals surface area contributed by atoms with E-state index in [9.17, 15) is 9.18 Å².